The molecule has 0 unspecified atom stereocenters. The number of benzene rings is 2. The predicted octanol–water partition coefficient (Wildman–Crippen LogP) is 3.90. The molecule has 0 aliphatic heterocycles. The van der Waals surface area contributed by atoms with Crippen LogP contribution in [0.2, 0.25) is 0 Å². The third-order valence-corrected chi connectivity index (χ3v) is 3.88. The summed E-state index contributed by atoms with van der Waals surface area (Å²) in [5.41, 5.74) is 4.08. The number of aromatic amines is 1. The largest absolute Gasteiger partial charge is 0.497 e. The molecule has 24 heavy (non-hydrogen) atoms. The summed E-state index contributed by atoms with van der Waals surface area (Å²) in [4.78, 5) is 14.6. The SMILES string of the molecule is COc1cccc(-c2ccc(-c3cc(C)[nH]c(=O)c3C#N)cc2)c1. The zero-order chi connectivity index (χ0) is 17.1. The van der Waals surface area contributed by atoms with Crippen LogP contribution in [0.4, 0.5) is 0 Å². The number of nitrogens with zero attached hydrogens (tertiary/aromatic N) is 1. The van der Waals surface area contributed by atoms with Gasteiger partial charge in [-0.15, -0.1) is 0 Å². The molecule has 0 radical (unpaired) electrons. The van der Waals surface area contributed by atoms with Gasteiger partial charge in [-0.1, -0.05) is 36.4 Å². The van der Waals surface area contributed by atoms with Crippen molar-refractivity contribution in [2.45, 2.75) is 6.92 Å². The first-order valence-corrected chi connectivity index (χ1v) is 7.51. The minimum Gasteiger partial charge on any atom is -0.497 e. The van der Waals surface area contributed by atoms with E-state index in [9.17, 15) is 10.1 Å². The van der Waals surface area contributed by atoms with Gasteiger partial charge in [-0.2, -0.15) is 5.26 Å². The van der Waals surface area contributed by atoms with Crippen molar-refractivity contribution in [1.82, 2.24) is 4.98 Å². The van der Waals surface area contributed by atoms with E-state index in [0.29, 0.717) is 5.56 Å². The zero-order valence-electron chi connectivity index (χ0n) is 13.5. The van der Waals surface area contributed by atoms with Crippen LogP contribution in [0.3, 0.4) is 0 Å². The van der Waals surface area contributed by atoms with Crippen LogP contribution >= 0.6 is 0 Å². The summed E-state index contributed by atoms with van der Waals surface area (Å²) in [5.74, 6) is 0.800. The fraction of sp³-hybridized carbons (Fsp3) is 0.100. The molecule has 0 aliphatic rings. The standard InChI is InChI=1S/C20H16N2O2/c1-13-10-18(19(12-21)20(23)22-13)15-8-6-14(7-9-15)16-4-3-5-17(11-16)24-2/h3-11H,1-2H3,(H,22,23). The highest BCUT2D eigenvalue weighted by atomic mass is 16.5. The molecule has 2 aromatic carbocycles. The van der Waals surface area contributed by atoms with E-state index in [4.69, 9.17) is 4.74 Å². The Bertz CT molecular complexity index is 980. The summed E-state index contributed by atoms with van der Waals surface area (Å²) in [5, 5.41) is 9.26. The number of aryl methyl sites for hydroxylation is 1. The van der Waals surface area contributed by atoms with Crippen molar-refractivity contribution >= 4 is 0 Å². The van der Waals surface area contributed by atoms with E-state index < -0.39 is 0 Å². The Morgan fingerprint density at radius 1 is 1.00 bits per heavy atom. The summed E-state index contributed by atoms with van der Waals surface area (Å²) < 4.78 is 5.25. The molecule has 118 valence electrons. The van der Waals surface area contributed by atoms with Crippen molar-refractivity contribution < 1.29 is 4.74 Å². The van der Waals surface area contributed by atoms with Crippen LogP contribution in [-0.2, 0) is 0 Å². The molecule has 0 fully saturated rings. The molecule has 0 saturated carbocycles. The second-order valence-corrected chi connectivity index (χ2v) is 5.49. The molecular formula is C20H16N2O2. The van der Waals surface area contributed by atoms with Crippen LogP contribution in [0, 0.1) is 18.3 Å². The van der Waals surface area contributed by atoms with Crippen LogP contribution < -0.4 is 10.3 Å². The highest BCUT2D eigenvalue weighted by Crippen LogP contribution is 2.28. The van der Waals surface area contributed by atoms with Gasteiger partial charge in [-0.05, 0) is 41.8 Å². The normalized spacial score (nSPS) is 10.2. The first-order chi connectivity index (χ1) is 11.6. The Hall–Kier alpha value is -3.32. The summed E-state index contributed by atoms with van der Waals surface area (Å²) >= 11 is 0. The average Bonchev–Trinajstić information content (AvgIpc) is 2.61. The first kappa shape index (κ1) is 15.6. The highest BCUT2D eigenvalue weighted by molar-refractivity contribution is 5.74. The van der Waals surface area contributed by atoms with Crippen LogP contribution in [0.25, 0.3) is 22.3 Å². The fourth-order valence-electron chi connectivity index (χ4n) is 2.67. The Morgan fingerprint density at radius 2 is 1.71 bits per heavy atom. The van der Waals surface area contributed by atoms with Gasteiger partial charge in [0.25, 0.3) is 5.56 Å². The molecule has 0 aliphatic carbocycles. The van der Waals surface area contributed by atoms with Gasteiger partial charge in [0.1, 0.15) is 17.4 Å². The Labute approximate surface area is 140 Å². The maximum atomic E-state index is 11.9. The number of nitriles is 1. The van der Waals surface area contributed by atoms with Gasteiger partial charge in [0.2, 0.25) is 0 Å². The second kappa shape index (κ2) is 6.43. The van der Waals surface area contributed by atoms with Gasteiger partial charge < -0.3 is 9.72 Å². The molecule has 0 atom stereocenters. The number of hydrogen-bond acceptors (Lipinski definition) is 3. The molecule has 3 aromatic rings. The Balaban J connectivity index is 2.05. The second-order valence-electron chi connectivity index (χ2n) is 5.49. The van der Waals surface area contributed by atoms with Crippen molar-refractivity contribution in [3.05, 3.63) is 76.2 Å². The maximum absolute atomic E-state index is 11.9. The van der Waals surface area contributed by atoms with E-state index in [0.717, 1.165) is 28.1 Å². The average molecular weight is 316 g/mol. The molecule has 0 spiro atoms. The lowest BCUT2D eigenvalue weighted by molar-refractivity contribution is 0.415. The summed E-state index contributed by atoms with van der Waals surface area (Å²) in [6.45, 7) is 1.80. The number of hydrogen-bond donors (Lipinski definition) is 1. The van der Waals surface area contributed by atoms with E-state index in [-0.39, 0.29) is 11.1 Å². The molecule has 0 amide bonds. The monoisotopic (exact) mass is 316 g/mol. The van der Waals surface area contributed by atoms with Gasteiger partial charge in [-0.25, -0.2) is 0 Å². The van der Waals surface area contributed by atoms with Crippen LogP contribution in [0.1, 0.15) is 11.3 Å². The van der Waals surface area contributed by atoms with Gasteiger partial charge in [0, 0.05) is 11.3 Å². The Kier molecular flexibility index (Phi) is 4.17. The van der Waals surface area contributed by atoms with E-state index >= 15 is 0 Å². The molecule has 1 heterocycles. The lowest BCUT2D eigenvalue weighted by Gasteiger charge is -2.08. The van der Waals surface area contributed by atoms with Crippen molar-refractivity contribution in [2.24, 2.45) is 0 Å². The summed E-state index contributed by atoms with van der Waals surface area (Å²) in [7, 11) is 1.64. The van der Waals surface area contributed by atoms with Crippen LogP contribution in [0.5, 0.6) is 5.75 Å². The number of rotatable bonds is 3. The van der Waals surface area contributed by atoms with Gasteiger partial charge in [0.15, 0.2) is 0 Å². The molecule has 0 saturated heterocycles. The molecule has 1 N–H and O–H groups in total. The molecule has 1 aromatic heterocycles. The zero-order valence-corrected chi connectivity index (χ0v) is 13.5. The predicted molar refractivity (Wildman–Crippen MR) is 93.9 cm³/mol. The third kappa shape index (κ3) is 2.92. The fourth-order valence-corrected chi connectivity index (χ4v) is 2.67. The molecular weight excluding hydrogens is 300 g/mol. The van der Waals surface area contributed by atoms with E-state index in [1.165, 1.54) is 0 Å². The van der Waals surface area contributed by atoms with E-state index in [1.54, 1.807) is 14.0 Å². The summed E-state index contributed by atoms with van der Waals surface area (Å²) in [6, 6.07) is 19.4. The molecule has 0 bridgehead atoms. The number of ether oxygens (including phenoxy) is 1. The molecule has 3 rings (SSSR count). The van der Waals surface area contributed by atoms with Crippen molar-refractivity contribution in [3.8, 4) is 34.1 Å². The van der Waals surface area contributed by atoms with Crippen LogP contribution in [-0.4, -0.2) is 12.1 Å². The summed E-state index contributed by atoms with van der Waals surface area (Å²) in [6.07, 6.45) is 0. The number of nitrogens with one attached hydrogen (secondary N) is 1. The number of pyridine rings is 1. The maximum Gasteiger partial charge on any atom is 0.266 e. The smallest absolute Gasteiger partial charge is 0.266 e. The number of aromatic nitrogens is 1. The quantitative estimate of drug-likeness (QED) is 0.797. The van der Waals surface area contributed by atoms with E-state index in [2.05, 4.69) is 4.98 Å². The van der Waals surface area contributed by atoms with Crippen LogP contribution in [0.15, 0.2) is 59.4 Å². The first-order valence-electron chi connectivity index (χ1n) is 7.51. The number of H-pyrrole nitrogens is 1. The van der Waals surface area contributed by atoms with Gasteiger partial charge in [0.05, 0.1) is 7.11 Å². The highest BCUT2D eigenvalue weighted by Gasteiger charge is 2.10. The Morgan fingerprint density at radius 3 is 2.38 bits per heavy atom. The van der Waals surface area contributed by atoms with Gasteiger partial charge >= 0.3 is 0 Å². The topological polar surface area (TPSA) is 65.9 Å². The number of methoxy groups -OCH3 is 1. The lowest BCUT2D eigenvalue weighted by Crippen LogP contribution is -2.12. The minimum atomic E-state index is -0.357. The molecule has 4 heteroatoms. The van der Waals surface area contributed by atoms with Crippen molar-refractivity contribution in [1.29, 1.82) is 5.26 Å². The minimum absolute atomic E-state index is 0.134. The third-order valence-electron chi connectivity index (χ3n) is 3.88. The van der Waals surface area contributed by atoms with Gasteiger partial charge in [-0.3, -0.25) is 4.79 Å². The van der Waals surface area contributed by atoms with Crippen molar-refractivity contribution in [3.63, 3.8) is 0 Å². The van der Waals surface area contributed by atoms with Crippen molar-refractivity contribution in [2.75, 3.05) is 7.11 Å². The van der Waals surface area contributed by atoms with E-state index in [1.807, 2.05) is 60.7 Å². The lowest BCUT2D eigenvalue weighted by atomic mass is 9.98. The molecule has 4 nitrogen and oxygen atoms in total.